The Morgan fingerprint density at radius 1 is 0.947 bits per heavy atom. The molecule has 1 heterocycles. The first kappa shape index (κ1) is 11.5. The molecule has 1 aromatic heterocycles. The zero-order chi connectivity index (χ0) is 13.2. The van der Waals surface area contributed by atoms with Crippen molar-refractivity contribution in [2.24, 2.45) is 0 Å². The maximum Gasteiger partial charge on any atom is 0.339 e. The average molecular weight is 251 g/mol. The van der Waals surface area contributed by atoms with Gasteiger partial charge in [0.2, 0.25) is 0 Å². The molecule has 94 valence electrons. The van der Waals surface area contributed by atoms with Crippen LogP contribution in [0.1, 0.15) is 5.56 Å². The van der Waals surface area contributed by atoms with E-state index in [-0.39, 0.29) is 5.63 Å². The predicted octanol–water partition coefficient (Wildman–Crippen LogP) is 3.85. The van der Waals surface area contributed by atoms with Crippen LogP contribution < -0.4 is 10.9 Å². The quantitative estimate of drug-likeness (QED) is 0.703. The number of nitrogens with one attached hydrogen (secondary N) is 1. The van der Waals surface area contributed by atoms with Crippen LogP contribution in [0.4, 0.5) is 11.4 Å². The Labute approximate surface area is 110 Å². The smallest absolute Gasteiger partial charge is 0.339 e. The summed E-state index contributed by atoms with van der Waals surface area (Å²) in [4.78, 5) is 11.5. The third kappa shape index (κ3) is 2.36. The zero-order valence-electron chi connectivity index (χ0n) is 10.5. The van der Waals surface area contributed by atoms with E-state index in [9.17, 15) is 4.79 Å². The molecule has 0 unspecified atom stereocenters. The third-order valence-electron chi connectivity index (χ3n) is 2.97. The Bertz CT molecular complexity index is 776. The number of aryl methyl sites for hydroxylation is 1. The monoisotopic (exact) mass is 251 g/mol. The highest BCUT2D eigenvalue weighted by molar-refractivity contribution is 5.81. The van der Waals surface area contributed by atoms with Crippen LogP contribution in [0.25, 0.3) is 11.0 Å². The van der Waals surface area contributed by atoms with E-state index in [4.69, 9.17) is 4.42 Å². The van der Waals surface area contributed by atoms with Crippen LogP contribution in [0, 0.1) is 6.92 Å². The van der Waals surface area contributed by atoms with Gasteiger partial charge in [-0.15, -0.1) is 0 Å². The molecule has 0 atom stereocenters. The average Bonchev–Trinajstić information content (AvgIpc) is 2.42. The summed E-state index contributed by atoms with van der Waals surface area (Å²) in [6, 6.07) is 17.4. The maximum absolute atomic E-state index is 11.5. The topological polar surface area (TPSA) is 42.2 Å². The third-order valence-corrected chi connectivity index (χ3v) is 2.97. The van der Waals surface area contributed by atoms with E-state index in [0.717, 1.165) is 16.8 Å². The van der Waals surface area contributed by atoms with Crippen molar-refractivity contribution in [3.8, 4) is 0 Å². The molecule has 0 saturated heterocycles. The standard InChI is InChI=1S/C16H13NO2/c1-11-9-12-7-8-14(10-15(12)19-16(11)18)17-13-5-3-2-4-6-13/h2-10,17H,1H3. The van der Waals surface area contributed by atoms with Gasteiger partial charge in [-0.3, -0.25) is 0 Å². The Morgan fingerprint density at radius 3 is 2.53 bits per heavy atom. The summed E-state index contributed by atoms with van der Waals surface area (Å²) in [6.45, 7) is 1.75. The van der Waals surface area contributed by atoms with Gasteiger partial charge in [-0.05, 0) is 37.3 Å². The first-order valence-corrected chi connectivity index (χ1v) is 6.09. The molecule has 3 heteroatoms. The molecule has 0 spiro atoms. The Morgan fingerprint density at radius 2 is 1.74 bits per heavy atom. The van der Waals surface area contributed by atoms with Crippen molar-refractivity contribution < 1.29 is 4.42 Å². The van der Waals surface area contributed by atoms with Gasteiger partial charge in [0.25, 0.3) is 0 Å². The van der Waals surface area contributed by atoms with Gasteiger partial charge in [0.15, 0.2) is 0 Å². The minimum absolute atomic E-state index is 0.288. The molecule has 3 aromatic rings. The minimum Gasteiger partial charge on any atom is -0.422 e. The van der Waals surface area contributed by atoms with E-state index in [1.807, 2.05) is 54.6 Å². The largest absolute Gasteiger partial charge is 0.422 e. The lowest BCUT2D eigenvalue weighted by molar-refractivity contribution is 0.555. The van der Waals surface area contributed by atoms with Gasteiger partial charge in [-0.1, -0.05) is 18.2 Å². The molecule has 0 bridgehead atoms. The van der Waals surface area contributed by atoms with Crippen molar-refractivity contribution in [3.63, 3.8) is 0 Å². The molecule has 0 aliphatic heterocycles. The van der Waals surface area contributed by atoms with Crippen molar-refractivity contribution in [3.05, 3.63) is 70.6 Å². The first-order chi connectivity index (χ1) is 9.22. The molecule has 0 aliphatic carbocycles. The number of fused-ring (bicyclic) bond motifs is 1. The second kappa shape index (κ2) is 4.61. The molecular formula is C16H13NO2. The molecule has 2 aromatic carbocycles. The van der Waals surface area contributed by atoms with Crippen LogP contribution in [0.3, 0.4) is 0 Å². The SMILES string of the molecule is Cc1cc2ccc(Nc3ccccc3)cc2oc1=O. The summed E-state index contributed by atoms with van der Waals surface area (Å²) in [5.74, 6) is 0. The van der Waals surface area contributed by atoms with Gasteiger partial charge >= 0.3 is 5.63 Å². The highest BCUT2D eigenvalue weighted by atomic mass is 16.4. The van der Waals surface area contributed by atoms with Crippen molar-refractivity contribution in [2.45, 2.75) is 6.92 Å². The summed E-state index contributed by atoms with van der Waals surface area (Å²) in [5.41, 5.74) is 2.82. The van der Waals surface area contributed by atoms with Crippen molar-refractivity contribution in [1.82, 2.24) is 0 Å². The van der Waals surface area contributed by atoms with E-state index >= 15 is 0 Å². The summed E-state index contributed by atoms with van der Waals surface area (Å²) in [5, 5.41) is 4.19. The number of hydrogen-bond acceptors (Lipinski definition) is 3. The second-order valence-corrected chi connectivity index (χ2v) is 4.46. The molecule has 3 rings (SSSR count). The number of hydrogen-bond donors (Lipinski definition) is 1. The lowest BCUT2D eigenvalue weighted by Gasteiger charge is -2.07. The summed E-state index contributed by atoms with van der Waals surface area (Å²) < 4.78 is 5.28. The maximum atomic E-state index is 11.5. The van der Waals surface area contributed by atoms with E-state index in [1.54, 1.807) is 6.92 Å². The Kier molecular flexibility index (Phi) is 2.80. The van der Waals surface area contributed by atoms with E-state index < -0.39 is 0 Å². The van der Waals surface area contributed by atoms with Gasteiger partial charge in [0.05, 0.1) is 0 Å². The van der Waals surface area contributed by atoms with Gasteiger partial charge < -0.3 is 9.73 Å². The second-order valence-electron chi connectivity index (χ2n) is 4.46. The molecule has 19 heavy (non-hydrogen) atoms. The van der Waals surface area contributed by atoms with E-state index in [2.05, 4.69) is 5.32 Å². The number of anilines is 2. The predicted molar refractivity (Wildman–Crippen MR) is 76.9 cm³/mol. The van der Waals surface area contributed by atoms with E-state index in [0.29, 0.717) is 11.1 Å². The van der Waals surface area contributed by atoms with Crippen LogP contribution in [-0.4, -0.2) is 0 Å². The van der Waals surface area contributed by atoms with Gasteiger partial charge in [-0.2, -0.15) is 0 Å². The van der Waals surface area contributed by atoms with Crippen LogP contribution in [0.5, 0.6) is 0 Å². The lowest BCUT2D eigenvalue weighted by atomic mass is 10.2. The summed E-state index contributed by atoms with van der Waals surface area (Å²) >= 11 is 0. The van der Waals surface area contributed by atoms with Crippen molar-refractivity contribution in [2.75, 3.05) is 5.32 Å². The molecule has 0 radical (unpaired) electrons. The molecule has 0 amide bonds. The highest BCUT2D eigenvalue weighted by Crippen LogP contribution is 2.21. The fourth-order valence-corrected chi connectivity index (χ4v) is 1.98. The normalized spacial score (nSPS) is 10.6. The van der Waals surface area contributed by atoms with Crippen LogP contribution >= 0.6 is 0 Å². The van der Waals surface area contributed by atoms with Crippen LogP contribution in [-0.2, 0) is 0 Å². The first-order valence-electron chi connectivity index (χ1n) is 6.09. The van der Waals surface area contributed by atoms with Crippen LogP contribution in [0.2, 0.25) is 0 Å². The van der Waals surface area contributed by atoms with Gasteiger partial charge in [0, 0.05) is 28.4 Å². The van der Waals surface area contributed by atoms with E-state index in [1.165, 1.54) is 0 Å². The zero-order valence-corrected chi connectivity index (χ0v) is 10.5. The minimum atomic E-state index is -0.288. The number of benzene rings is 2. The molecule has 1 N–H and O–H groups in total. The Hall–Kier alpha value is -2.55. The number of para-hydroxylation sites is 1. The summed E-state index contributed by atoms with van der Waals surface area (Å²) in [7, 11) is 0. The van der Waals surface area contributed by atoms with Crippen molar-refractivity contribution >= 4 is 22.3 Å². The molecule has 0 fully saturated rings. The van der Waals surface area contributed by atoms with Crippen LogP contribution in [0.15, 0.2) is 63.8 Å². The van der Waals surface area contributed by atoms with Gasteiger partial charge in [0.1, 0.15) is 5.58 Å². The lowest BCUT2D eigenvalue weighted by Crippen LogP contribution is -2.02. The molecular weight excluding hydrogens is 238 g/mol. The molecule has 3 nitrogen and oxygen atoms in total. The Balaban J connectivity index is 2.02. The fourth-order valence-electron chi connectivity index (χ4n) is 1.98. The van der Waals surface area contributed by atoms with Gasteiger partial charge in [-0.25, -0.2) is 4.79 Å². The fraction of sp³-hybridized carbons (Fsp3) is 0.0625. The molecule has 0 aliphatic rings. The van der Waals surface area contributed by atoms with Crippen molar-refractivity contribution in [1.29, 1.82) is 0 Å². The number of rotatable bonds is 2. The molecule has 0 saturated carbocycles. The highest BCUT2D eigenvalue weighted by Gasteiger charge is 2.02. The summed E-state index contributed by atoms with van der Waals surface area (Å²) in [6.07, 6.45) is 0.